The number of rotatable bonds is 7. The van der Waals surface area contributed by atoms with Crippen LogP contribution in [-0.4, -0.2) is 19.0 Å². The Balaban J connectivity index is 1.66. The predicted octanol–water partition coefficient (Wildman–Crippen LogP) is 4.12. The molecule has 2 rings (SSSR count). The van der Waals surface area contributed by atoms with E-state index in [4.69, 9.17) is 11.6 Å². The van der Waals surface area contributed by atoms with E-state index in [1.165, 1.54) is 16.7 Å². The Labute approximate surface area is 143 Å². The molecule has 0 unspecified atom stereocenters. The first-order chi connectivity index (χ1) is 11.0. The van der Waals surface area contributed by atoms with Crippen LogP contribution in [0.3, 0.4) is 0 Å². The maximum Gasteiger partial charge on any atom is 0.221 e. The topological polar surface area (TPSA) is 41.1 Å². The maximum absolute atomic E-state index is 11.8. The highest BCUT2D eigenvalue weighted by molar-refractivity contribution is 6.30. The highest BCUT2D eigenvalue weighted by Gasteiger charge is 2.02. The van der Waals surface area contributed by atoms with Crippen molar-refractivity contribution in [3.8, 4) is 0 Å². The number of carbonyl (C=O) groups excluding carboxylic acids is 1. The van der Waals surface area contributed by atoms with Gasteiger partial charge < -0.3 is 10.6 Å². The van der Waals surface area contributed by atoms with Crippen molar-refractivity contribution in [1.29, 1.82) is 0 Å². The smallest absolute Gasteiger partial charge is 0.221 e. The molecule has 0 saturated carbocycles. The van der Waals surface area contributed by atoms with Gasteiger partial charge in [-0.15, -0.1) is 0 Å². The summed E-state index contributed by atoms with van der Waals surface area (Å²) in [4.78, 5) is 11.8. The van der Waals surface area contributed by atoms with Crippen molar-refractivity contribution in [2.24, 2.45) is 0 Å². The number of hydrogen-bond donors (Lipinski definition) is 2. The van der Waals surface area contributed by atoms with E-state index in [0.29, 0.717) is 19.5 Å². The third-order valence-corrected chi connectivity index (χ3v) is 3.80. The number of hydrogen-bond acceptors (Lipinski definition) is 2. The van der Waals surface area contributed by atoms with Crippen LogP contribution in [0.2, 0.25) is 5.02 Å². The summed E-state index contributed by atoms with van der Waals surface area (Å²) >= 11 is 5.85. The van der Waals surface area contributed by atoms with Gasteiger partial charge in [-0.25, -0.2) is 0 Å². The predicted molar refractivity (Wildman–Crippen MR) is 97.2 cm³/mol. The summed E-state index contributed by atoms with van der Waals surface area (Å²) in [7, 11) is 0. The number of anilines is 1. The minimum Gasteiger partial charge on any atom is -0.385 e. The van der Waals surface area contributed by atoms with Crippen molar-refractivity contribution in [3.63, 3.8) is 0 Å². The van der Waals surface area contributed by atoms with E-state index in [2.05, 4.69) is 42.7 Å². The summed E-state index contributed by atoms with van der Waals surface area (Å²) in [5.74, 6) is 0.0656. The molecule has 0 aliphatic rings. The molecular weight excluding hydrogens is 308 g/mol. The van der Waals surface area contributed by atoms with Crippen LogP contribution in [0, 0.1) is 13.8 Å². The quantitative estimate of drug-likeness (QED) is 0.802. The summed E-state index contributed by atoms with van der Waals surface area (Å²) < 4.78 is 0. The molecule has 122 valence electrons. The van der Waals surface area contributed by atoms with E-state index in [-0.39, 0.29) is 5.91 Å². The van der Waals surface area contributed by atoms with E-state index in [1.54, 1.807) is 0 Å². The minimum atomic E-state index is 0.0656. The van der Waals surface area contributed by atoms with Crippen LogP contribution in [0.5, 0.6) is 0 Å². The lowest BCUT2D eigenvalue weighted by atomic mass is 10.1. The van der Waals surface area contributed by atoms with Crippen molar-refractivity contribution < 1.29 is 4.79 Å². The molecule has 4 heteroatoms. The van der Waals surface area contributed by atoms with Crippen LogP contribution in [0.25, 0.3) is 0 Å². The van der Waals surface area contributed by atoms with Gasteiger partial charge >= 0.3 is 0 Å². The van der Waals surface area contributed by atoms with Crippen LogP contribution < -0.4 is 10.6 Å². The fraction of sp³-hybridized carbons (Fsp3) is 0.316. The van der Waals surface area contributed by atoms with Gasteiger partial charge in [0.15, 0.2) is 0 Å². The number of amides is 1. The van der Waals surface area contributed by atoms with Crippen molar-refractivity contribution in [2.45, 2.75) is 26.7 Å². The second kappa shape index (κ2) is 8.59. The number of halogens is 1. The van der Waals surface area contributed by atoms with Gasteiger partial charge in [-0.3, -0.25) is 4.79 Å². The van der Waals surface area contributed by atoms with E-state index < -0.39 is 0 Å². The molecular formula is C19H23ClN2O. The summed E-state index contributed by atoms with van der Waals surface area (Å²) in [6.07, 6.45) is 1.28. The standard InChI is InChI=1S/C19H23ClN2O/c1-14-11-15(2)13-18(12-14)21-10-8-19(23)22-9-7-16-3-5-17(20)6-4-16/h3-6,11-13,21H,7-10H2,1-2H3,(H,22,23). The molecule has 0 aliphatic heterocycles. The minimum absolute atomic E-state index is 0.0656. The zero-order valence-electron chi connectivity index (χ0n) is 13.7. The third-order valence-electron chi connectivity index (χ3n) is 3.55. The molecule has 0 heterocycles. The number of nitrogens with one attached hydrogen (secondary N) is 2. The molecule has 0 saturated heterocycles. The van der Waals surface area contributed by atoms with Gasteiger partial charge in [-0.05, 0) is 61.2 Å². The molecule has 2 N–H and O–H groups in total. The van der Waals surface area contributed by atoms with Crippen molar-refractivity contribution >= 4 is 23.2 Å². The Kier molecular flexibility index (Phi) is 6.48. The first kappa shape index (κ1) is 17.4. The normalized spacial score (nSPS) is 10.4. The highest BCUT2D eigenvalue weighted by Crippen LogP contribution is 2.13. The van der Waals surface area contributed by atoms with Gasteiger partial charge in [0.2, 0.25) is 5.91 Å². The summed E-state index contributed by atoms with van der Waals surface area (Å²) in [5, 5.41) is 6.97. The largest absolute Gasteiger partial charge is 0.385 e. The van der Waals surface area contributed by atoms with Crippen molar-refractivity contribution in [1.82, 2.24) is 5.32 Å². The second-order valence-electron chi connectivity index (χ2n) is 5.78. The fourth-order valence-corrected chi connectivity index (χ4v) is 2.61. The van der Waals surface area contributed by atoms with Crippen molar-refractivity contribution in [3.05, 3.63) is 64.2 Å². The van der Waals surface area contributed by atoms with E-state index in [0.717, 1.165) is 17.1 Å². The lowest BCUT2D eigenvalue weighted by molar-refractivity contribution is -0.120. The van der Waals surface area contributed by atoms with Crippen LogP contribution in [0.1, 0.15) is 23.1 Å². The fourth-order valence-electron chi connectivity index (χ4n) is 2.48. The van der Waals surface area contributed by atoms with Gasteiger partial charge in [-0.2, -0.15) is 0 Å². The first-order valence-electron chi connectivity index (χ1n) is 7.86. The molecule has 23 heavy (non-hydrogen) atoms. The van der Waals surface area contributed by atoms with Crippen LogP contribution in [-0.2, 0) is 11.2 Å². The molecule has 1 amide bonds. The van der Waals surface area contributed by atoms with Crippen molar-refractivity contribution in [2.75, 3.05) is 18.4 Å². The molecule has 0 spiro atoms. The van der Waals surface area contributed by atoms with Crippen LogP contribution in [0.15, 0.2) is 42.5 Å². The van der Waals surface area contributed by atoms with Crippen LogP contribution >= 0.6 is 11.6 Å². The zero-order chi connectivity index (χ0) is 16.7. The molecule has 0 aromatic heterocycles. The molecule has 0 aliphatic carbocycles. The monoisotopic (exact) mass is 330 g/mol. The van der Waals surface area contributed by atoms with Gasteiger partial charge in [0.05, 0.1) is 0 Å². The van der Waals surface area contributed by atoms with E-state index in [1.807, 2.05) is 24.3 Å². The first-order valence-corrected chi connectivity index (χ1v) is 8.24. The molecule has 0 bridgehead atoms. The third kappa shape index (κ3) is 6.33. The molecule has 0 radical (unpaired) electrons. The average Bonchev–Trinajstić information content (AvgIpc) is 2.48. The molecule has 0 fully saturated rings. The highest BCUT2D eigenvalue weighted by atomic mass is 35.5. The van der Waals surface area contributed by atoms with E-state index in [9.17, 15) is 4.79 Å². The Morgan fingerprint density at radius 1 is 1.00 bits per heavy atom. The number of aryl methyl sites for hydroxylation is 2. The lowest BCUT2D eigenvalue weighted by Gasteiger charge is -2.09. The Hall–Kier alpha value is -2.00. The van der Waals surface area contributed by atoms with Crippen LogP contribution in [0.4, 0.5) is 5.69 Å². The van der Waals surface area contributed by atoms with E-state index >= 15 is 0 Å². The average molecular weight is 331 g/mol. The van der Waals surface area contributed by atoms with Gasteiger partial charge in [0.25, 0.3) is 0 Å². The second-order valence-corrected chi connectivity index (χ2v) is 6.22. The molecule has 2 aromatic rings. The Bertz CT molecular complexity index is 633. The number of benzene rings is 2. The lowest BCUT2D eigenvalue weighted by Crippen LogP contribution is -2.27. The summed E-state index contributed by atoms with van der Waals surface area (Å²) in [6, 6.07) is 14.0. The SMILES string of the molecule is Cc1cc(C)cc(NCCC(=O)NCCc2ccc(Cl)cc2)c1. The Morgan fingerprint density at radius 2 is 1.65 bits per heavy atom. The molecule has 3 nitrogen and oxygen atoms in total. The van der Waals surface area contributed by atoms with Gasteiger partial charge in [0, 0.05) is 30.2 Å². The molecule has 2 aromatic carbocycles. The molecule has 0 atom stereocenters. The maximum atomic E-state index is 11.8. The van der Waals surface area contributed by atoms with Gasteiger partial charge in [-0.1, -0.05) is 29.8 Å². The van der Waals surface area contributed by atoms with Gasteiger partial charge in [0.1, 0.15) is 0 Å². The summed E-state index contributed by atoms with van der Waals surface area (Å²) in [5.41, 5.74) is 4.68. The summed E-state index contributed by atoms with van der Waals surface area (Å²) in [6.45, 7) is 5.42. The number of carbonyl (C=O) groups is 1. The zero-order valence-corrected chi connectivity index (χ0v) is 14.4. The Morgan fingerprint density at radius 3 is 2.30 bits per heavy atom.